The quantitative estimate of drug-likeness (QED) is 0.505. The van der Waals surface area contributed by atoms with Gasteiger partial charge in [0.15, 0.2) is 0 Å². The molecule has 0 radical (unpaired) electrons. The molecule has 0 spiro atoms. The molecule has 0 aliphatic carbocycles. The minimum absolute atomic E-state index is 0.152. The lowest BCUT2D eigenvalue weighted by molar-refractivity contribution is -0.141. The van der Waals surface area contributed by atoms with Gasteiger partial charge < -0.3 is 9.84 Å². The highest BCUT2D eigenvalue weighted by Crippen LogP contribution is 2.21. The van der Waals surface area contributed by atoms with Gasteiger partial charge in [0.05, 0.1) is 5.92 Å². The van der Waals surface area contributed by atoms with Crippen LogP contribution in [0.15, 0.2) is 12.2 Å². The molecule has 0 saturated carbocycles. The number of carbonyl (C=O) groups excluding carboxylic acids is 1. The molecule has 1 saturated heterocycles. The Kier molecular flexibility index (Phi) is 2.87. The summed E-state index contributed by atoms with van der Waals surface area (Å²) in [6.07, 6.45) is 0.809. The molecule has 3 heteroatoms. The number of rotatable bonds is 3. The van der Waals surface area contributed by atoms with E-state index in [-0.39, 0.29) is 18.5 Å². The third kappa shape index (κ3) is 2.08. The molecule has 1 aliphatic rings. The molecule has 1 heterocycles. The van der Waals surface area contributed by atoms with Gasteiger partial charge in [-0.05, 0) is 19.8 Å². The second kappa shape index (κ2) is 3.72. The van der Waals surface area contributed by atoms with Crippen LogP contribution < -0.4 is 0 Å². The Labute approximate surface area is 72.0 Å². The van der Waals surface area contributed by atoms with Gasteiger partial charge in [-0.15, -0.1) is 6.58 Å². The highest BCUT2D eigenvalue weighted by atomic mass is 16.6. The summed E-state index contributed by atoms with van der Waals surface area (Å²) in [4.78, 5) is 11.0. The van der Waals surface area contributed by atoms with E-state index in [0.717, 1.165) is 12.0 Å². The Bertz CT molecular complexity index is 198. The van der Waals surface area contributed by atoms with Crippen molar-refractivity contribution >= 4 is 5.97 Å². The van der Waals surface area contributed by atoms with Gasteiger partial charge in [0.2, 0.25) is 0 Å². The van der Waals surface area contributed by atoms with E-state index in [1.165, 1.54) is 0 Å². The third-order valence-electron chi connectivity index (χ3n) is 2.05. The Balaban J connectivity index is 2.39. The van der Waals surface area contributed by atoms with Crippen molar-refractivity contribution < 1.29 is 14.6 Å². The van der Waals surface area contributed by atoms with Crippen LogP contribution in [0.25, 0.3) is 0 Å². The number of cyclic esters (lactones) is 1. The second-order valence-corrected chi connectivity index (χ2v) is 3.30. The molecule has 1 N–H and O–H groups in total. The molecule has 3 nitrogen and oxygen atoms in total. The van der Waals surface area contributed by atoms with Crippen LogP contribution >= 0.6 is 0 Å². The lowest BCUT2D eigenvalue weighted by Gasteiger charge is -2.08. The van der Waals surface area contributed by atoms with Gasteiger partial charge >= 0.3 is 5.97 Å². The Hall–Kier alpha value is -0.830. The molecule has 2 unspecified atom stereocenters. The van der Waals surface area contributed by atoms with Crippen molar-refractivity contribution in [2.75, 3.05) is 6.61 Å². The van der Waals surface area contributed by atoms with Crippen molar-refractivity contribution in [3.63, 3.8) is 0 Å². The molecule has 68 valence electrons. The van der Waals surface area contributed by atoms with Crippen molar-refractivity contribution in [1.82, 2.24) is 0 Å². The molecular weight excluding hydrogens is 156 g/mol. The van der Waals surface area contributed by atoms with Crippen molar-refractivity contribution in [3.8, 4) is 0 Å². The first-order valence-electron chi connectivity index (χ1n) is 4.10. The van der Waals surface area contributed by atoms with E-state index in [1.807, 2.05) is 6.92 Å². The summed E-state index contributed by atoms with van der Waals surface area (Å²) in [5.74, 6) is -0.606. The molecule has 0 aromatic carbocycles. The molecular formula is C9H14O3. The average molecular weight is 170 g/mol. The van der Waals surface area contributed by atoms with Crippen LogP contribution in [0.2, 0.25) is 0 Å². The SMILES string of the molecule is C=C(C)CCC1C(=O)OCC1O. The number of allylic oxidation sites excluding steroid dienone is 1. The Morgan fingerprint density at radius 2 is 2.50 bits per heavy atom. The first kappa shape index (κ1) is 9.26. The summed E-state index contributed by atoms with van der Waals surface area (Å²) in [6, 6.07) is 0. The minimum atomic E-state index is -0.614. The van der Waals surface area contributed by atoms with Gasteiger partial charge in [-0.3, -0.25) is 4.79 Å². The summed E-state index contributed by atoms with van der Waals surface area (Å²) in [6.45, 7) is 5.79. The van der Waals surface area contributed by atoms with Gasteiger partial charge in [0.25, 0.3) is 0 Å². The number of hydrogen-bond donors (Lipinski definition) is 1. The van der Waals surface area contributed by atoms with E-state index in [4.69, 9.17) is 4.74 Å². The van der Waals surface area contributed by atoms with Gasteiger partial charge in [0.1, 0.15) is 12.7 Å². The van der Waals surface area contributed by atoms with E-state index >= 15 is 0 Å². The monoisotopic (exact) mass is 170 g/mol. The van der Waals surface area contributed by atoms with Crippen molar-refractivity contribution in [2.24, 2.45) is 5.92 Å². The van der Waals surface area contributed by atoms with Crippen LogP contribution in [0.5, 0.6) is 0 Å². The summed E-state index contributed by atoms with van der Waals surface area (Å²) in [5, 5.41) is 9.30. The number of esters is 1. The highest BCUT2D eigenvalue weighted by molar-refractivity contribution is 5.75. The fourth-order valence-electron chi connectivity index (χ4n) is 1.26. The predicted octanol–water partition coefficient (Wildman–Crippen LogP) is 0.877. The van der Waals surface area contributed by atoms with Gasteiger partial charge in [-0.1, -0.05) is 5.57 Å². The van der Waals surface area contributed by atoms with E-state index in [2.05, 4.69) is 6.58 Å². The van der Waals surface area contributed by atoms with Crippen LogP contribution in [0.3, 0.4) is 0 Å². The molecule has 0 bridgehead atoms. The summed E-state index contributed by atoms with van der Waals surface area (Å²) >= 11 is 0. The molecule has 0 amide bonds. The van der Waals surface area contributed by atoms with Crippen molar-refractivity contribution in [2.45, 2.75) is 25.9 Å². The Morgan fingerprint density at radius 3 is 2.92 bits per heavy atom. The smallest absolute Gasteiger partial charge is 0.311 e. The lowest BCUT2D eigenvalue weighted by atomic mass is 9.97. The van der Waals surface area contributed by atoms with Crippen LogP contribution in [0.4, 0.5) is 0 Å². The zero-order chi connectivity index (χ0) is 9.14. The number of aliphatic hydroxyl groups excluding tert-OH is 1. The van der Waals surface area contributed by atoms with Gasteiger partial charge in [-0.25, -0.2) is 0 Å². The average Bonchev–Trinajstić information content (AvgIpc) is 2.28. The first-order valence-corrected chi connectivity index (χ1v) is 4.10. The molecule has 2 atom stereocenters. The van der Waals surface area contributed by atoms with E-state index < -0.39 is 6.10 Å². The molecule has 12 heavy (non-hydrogen) atoms. The molecule has 1 fully saturated rings. The van der Waals surface area contributed by atoms with Crippen molar-refractivity contribution in [1.29, 1.82) is 0 Å². The van der Waals surface area contributed by atoms with Crippen LogP contribution in [-0.2, 0) is 9.53 Å². The molecule has 0 aromatic heterocycles. The normalized spacial score (nSPS) is 28.7. The standard InChI is InChI=1S/C9H14O3/c1-6(2)3-4-7-8(10)5-12-9(7)11/h7-8,10H,1,3-5H2,2H3. The topological polar surface area (TPSA) is 46.5 Å². The maximum atomic E-state index is 11.0. The minimum Gasteiger partial charge on any atom is -0.463 e. The maximum absolute atomic E-state index is 11.0. The van der Waals surface area contributed by atoms with E-state index in [9.17, 15) is 9.90 Å². The van der Waals surface area contributed by atoms with E-state index in [0.29, 0.717) is 6.42 Å². The van der Waals surface area contributed by atoms with E-state index in [1.54, 1.807) is 0 Å². The third-order valence-corrected chi connectivity index (χ3v) is 2.05. The molecule has 1 rings (SSSR count). The maximum Gasteiger partial charge on any atom is 0.311 e. The van der Waals surface area contributed by atoms with Crippen molar-refractivity contribution in [3.05, 3.63) is 12.2 Å². The van der Waals surface area contributed by atoms with Crippen LogP contribution in [0, 0.1) is 5.92 Å². The molecule has 1 aliphatic heterocycles. The fraction of sp³-hybridized carbons (Fsp3) is 0.667. The number of carbonyl (C=O) groups is 1. The van der Waals surface area contributed by atoms with Gasteiger partial charge in [-0.2, -0.15) is 0 Å². The van der Waals surface area contributed by atoms with Crippen LogP contribution in [-0.4, -0.2) is 23.8 Å². The Morgan fingerprint density at radius 1 is 1.83 bits per heavy atom. The zero-order valence-electron chi connectivity index (χ0n) is 7.25. The summed E-state index contributed by atoms with van der Waals surface area (Å²) in [7, 11) is 0. The number of ether oxygens (including phenoxy) is 1. The van der Waals surface area contributed by atoms with Crippen LogP contribution in [0.1, 0.15) is 19.8 Å². The zero-order valence-corrected chi connectivity index (χ0v) is 7.25. The summed E-state index contributed by atoms with van der Waals surface area (Å²) < 4.78 is 4.69. The first-order chi connectivity index (χ1) is 5.61. The lowest BCUT2D eigenvalue weighted by Crippen LogP contribution is -2.20. The largest absolute Gasteiger partial charge is 0.463 e. The fourth-order valence-corrected chi connectivity index (χ4v) is 1.26. The molecule has 0 aromatic rings. The number of hydrogen-bond acceptors (Lipinski definition) is 3. The second-order valence-electron chi connectivity index (χ2n) is 3.30. The number of aliphatic hydroxyl groups is 1. The predicted molar refractivity (Wildman–Crippen MR) is 44.5 cm³/mol. The highest BCUT2D eigenvalue weighted by Gasteiger charge is 2.34. The summed E-state index contributed by atoms with van der Waals surface area (Å²) in [5.41, 5.74) is 1.03. The van der Waals surface area contributed by atoms with Gasteiger partial charge in [0, 0.05) is 0 Å².